The molecule has 162 valence electrons. The van der Waals surface area contributed by atoms with Gasteiger partial charge in [0.15, 0.2) is 27.6 Å². The number of hydrogen-bond acceptors (Lipinski definition) is 8. The summed E-state index contributed by atoms with van der Waals surface area (Å²) < 4.78 is 5.55. The summed E-state index contributed by atoms with van der Waals surface area (Å²) in [4.78, 5) is 48.8. The second-order valence-electron chi connectivity index (χ2n) is 6.83. The number of H-pyrrole nitrogens is 1. The highest BCUT2D eigenvalue weighted by Crippen LogP contribution is 2.30. The van der Waals surface area contributed by atoms with Gasteiger partial charge in [-0.2, -0.15) is 0 Å². The van der Waals surface area contributed by atoms with Crippen LogP contribution in [-0.4, -0.2) is 70.1 Å². The van der Waals surface area contributed by atoms with E-state index in [0.29, 0.717) is 36.8 Å². The Hall–Kier alpha value is -2.50. The lowest BCUT2D eigenvalue weighted by Gasteiger charge is -2.37. The number of carboxylic acid groups (broad SMARTS) is 1. The molecule has 1 aliphatic rings. The Bertz CT molecular complexity index is 943. The average Bonchev–Trinajstić information content (AvgIpc) is 3.32. The van der Waals surface area contributed by atoms with E-state index in [1.54, 1.807) is 0 Å². The zero-order valence-electron chi connectivity index (χ0n) is 16.7. The first-order valence-electron chi connectivity index (χ1n) is 9.33. The third kappa shape index (κ3) is 4.47. The molecule has 0 saturated carbocycles. The lowest BCUT2D eigenvalue weighted by molar-refractivity contribution is 0.0538. The molecule has 0 spiro atoms. The number of rotatable bonds is 7. The maximum Gasteiger partial charge on any atom is 0.356 e. The number of nitrogens with zero attached hydrogens (tertiary/aromatic N) is 3. The van der Waals surface area contributed by atoms with E-state index in [-0.39, 0.29) is 45.4 Å². The van der Waals surface area contributed by atoms with E-state index in [0.717, 1.165) is 11.3 Å². The Morgan fingerprint density at radius 1 is 1.40 bits per heavy atom. The van der Waals surface area contributed by atoms with E-state index in [1.165, 1.54) is 14.0 Å². The van der Waals surface area contributed by atoms with Crippen LogP contribution in [-0.2, 0) is 11.2 Å². The molecule has 1 aliphatic heterocycles. The van der Waals surface area contributed by atoms with Crippen LogP contribution in [0.1, 0.15) is 56.7 Å². The zero-order chi connectivity index (χ0) is 22.0. The summed E-state index contributed by atoms with van der Waals surface area (Å²) in [5, 5.41) is 12.9. The number of hydrogen-bond donors (Lipinski definition) is 3. The van der Waals surface area contributed by atoms with Gasteiger partial charge in [0.2, 0.25) is 0 Å². The molecule has 0 radical (unpaired) electrons. The highest BCUT2D eigenvalue weighted by Gasteiger charge is 2.33. The van der Waals surface area contributed by atoms with Gasteiger partial charge in [0.1, 0.15) is 4.88 Å². The highest BCUT2D eigenvalue weighted by molar-refractivity contribution is 7.17. The maximum absolute atomic E-state index is 12.6. The number of carboxylic acids is 1. The van der Waals surface area contributed by atoms with Crippen molar-refractivity contribution in [2.24, 2.45) is 0 Å². The molecule has 0 bridgehead atoms. The number of piperidine rings is 1. The Kier molecular flexibility index (Phi) is 6.74. The highest BCUT2D eigenvalue weighted by atomic mass is 35.5. The lowest BCUT2D eigenvalue weighted by Crippen LogP contribution is -2.55. The standard InChI is InChI=1S/C18H22ClN5O5S/c1-4-9-14(19)23-15(20-9)16(26)21-10-5-6-24(7-11(10)29-3)18-22-12(17(27)28)13(30-18)8(2)25/h10-11H,4-7H2,1-3H3,(H,20,23)(H,21,26)(H,27,28)/t10-,11+/m0/s1. The second-order valence-corrected chi connectivity index (χ2v) is 8.17. The number of thiazole rings is 1. The van der Waals surface area contributed by atoms with Gasteiger partial charge in [-0.3, -0.25) is 9.59 Å². The number of carbonyl (C=O) groups is 3. The van der Waals surface area contributed by atoms with Crippen LogP contribution >= 0.6 is 22.9 Å². The third-order valence-electron chi connectivity index (χ3n) is 4.88. The van der Waals surface area contributed by atoms with Crippen molar-refractivity contribution in [3.05, 3.63) is 27.2 Å². The molecule has 1 fully saturated rings. The third-order valence-corrected chi connectivity index (χ3v) is 6.41. The zero-order valence-corrected chi connectivity index (χ0v) is 18.3. The molecule has 10 nitrogen and oxygen atoms in total. The Labute approximate surface area is 181 Å². The molecular formula is C18H22ClN5O5S. The van der Waals surface area contributed by atoms with Crippen molar-refractivity contribution in [1.82, 2.24) is 20.3 Å². The van der Waals surface area contributed by atoms with E-state index in [4.69, 9.17) is 16.3 Å². The minimum absolute atomic E-state index is 0.114. The number of halogens is 1. The molecule has 3 rings (SSSR count). The maximum atomic E-state index is 12.6. The first kappa shape index (κ1) is 22.2. The van der Waals surface area contributed by atoms with Crippen LogP contribution in [0, 0.1) is 0 Å². The van der Waals surface area contributed by atoms with Crippen LogP contribution in [0.25, 0.3) is 0 Å². The fraction of sp³-hybridized carbons (Fsp3) is 0.500. The van der Waals surface area contributed by atoms with Crippen molar-refractivity contribution < 1.29 is 24.2 Å². The number of aromatic nitrogens is 3. The SMILES string of the molecule is CCc1[nH]c(C(=O)N[C@H]2CCN(c3nc(C(=O)O)c(C(C)=O)s3)C[C@H]2OC)nc1Cl. The molecule has 3 heterocycles. The number of aromatic carboxylic acids is 1. The minimum atomic E-state index is -1.24. The number of carbonyl (C=O) groups excluding carboxylic acids is 2. The average molecular weight is 456 g/mol. The number of ether oxygens (including phenoxy) is 1. The van der Waals surface area contributed by atoms with E-state index >= 15 is 0 Å². The van der Waals surface area contributed by atoms with E-state index in [2.05, 4.69) is 20.3 Å². The normalized spacial score (nSPS) is 19.0. The first-order chi connectivity index (χ1) is 14.2. The number of Topliss-reactive ketones (excluding diaryl/α,β-unsaturated/α-hetero) is 1. The van der Waals surface area contributed by atoms with Crippen molar-refractivity contribution >= 4 is 45.7 Å². The number of anilines is 1. The predicted octanol–water partition coefficient (Wildman–Crippen LogP) is 2.01. The molecule has 30 heavy (non-hydrogen) atoms. The molecule has 2 aromatic heterocycles. The monoisotopic (exact) mass is 455 g/mol. The molecule has 3 N–H and O–H groups in total. The minimum Gasteiger partial charge on any atom is -0.476 e. The molecule has 12 heteroatoms. The van der Waals surface area contributed by atoms with Gasteiger partial charge >= 0.3 is 5.97 Å². The quantitative estimate of drug-likeness (QED) is 0.539. The van der Waals surface area contributed by atoms with E-state index < -0.39 is 5.97 Å². The van der Waals surface area contributed by atoms with Gasteiger partial charge in [0.25, 0.3) is 5.91 Å². The van der Waals surface area contributed by atoms with Gasteiger partial charge in [-0.05, 0) is 12.8 Å². The molecule has 2 atom stereocenters. The lowest BCUT2D eigenvalue weighted by atomic mass is 10.0. The molecule has 1 amide bonds. The summed E-state index contributed by atoms with van der Waals surface area (Å²) in [5.74, 6) is -1.81. The smallest absolute Gasteiger partial charge is 0.356 e. The van der Waals surface area contributed by atoms with Gasteiger partial charge in [-0.15, -0.1) is 0 Å². The van der Waals surface area contributed by atoms with Crippen molar-refractivity contribution in [3.63, 3.8) is 0 Å². The van der Waals surface area contributed by atoms with Crippen LogP contribution in [0.4, 0.5) is 5.13 Å². The van der Waals surface area contributed by atoms with E-state index in [1.807, 2.05) is 11.8 Å². The van der Waals surface area contributed by atoms with Crippen LogP contribution in [0.15, 0.2) is 0 Å². The predicted molar refractivity (Wildman–Crippen MR) is 111 cm³/mol. The summed E-state index contributed by atoms with van der Waals surface area (Å²) in [6, 6.07) is -0.279. The summed E-state index contributed by atoms with van der Waals surface area (Å²) >= 11 is 7.05. The van der Waals surface area contributed by atoms with Crippen LogP contribution in [0.3, 0.4) is 0 Å². The second kappa shape index (κ2) is 9.11. The molecule has 1 saturated heterocycles. The number of methoxy groups -OCH3 is 1. The van der Waals surface area contributed by atoms with E-state index in [9.17, 15) is 19.5 Å². The summed E-state index contributed by atoms with van der Waals surface area (Å²) in [5.41, 5.74) is 0.451. The van der Waals surface area contributed by atoms with Crippen LogP contribution in [0.5, 0.6) is 0 Å². The van der Waals surface area contributed by atoms with Crippen LogP contribution < -0.4 is 10.2 Å². The van der Waals surface area contributed by atoms with Gasteiger partial charge < -0.3 is 25.0 Å². The molecule has 0 aliphatic carbocycles. The number of ketones is 1. The van der Waals surface area contributed by atoms with Gasteiger partial charge in [-0.1, -0.05) is 29.9 Å². The number of nitrogens with one attached hydrogen (secondary N) is 2. The van der Waals surface area contributed by atoms with Gasteiger partial charge in [0, 0.05) is 27.1 Å². The molecule has 0 aromatic carbocycles. The molecule has 2 aromatic rings. The number of aromatic amines is 1. The summed E-state index contributed by atoms with van der Waals surface area (Å²) in [6.07, 6.45) is 0.806. The Morgan fingerprint density at radius 2 is 2.13 bits per heavy atom. The Balaban J connectivity index is 1.72. The van der Waals surface area contributed by atoms with Crippen molar-refractivity contribution in [2.45, 2.75) is 38.8 Å². The largest absolute Gasteiger partial charge is 0.476 e. The number of amides is 1. The topological polar surface area (TPSA) is 138 Å². The fourth-order valence-corrected chi connectivity index (χ4v) is 4.54. The summed E-state index contributed by atoms with van der Waals surface area (Å²) in [6.45, 7) is 4.11. The number of aryl methyl sites for hydroxylation is 1. The Morgan fingerprint density at radius 3 is 2.67 bits per heavy atom. The first-order valence-corrected chi connectivity index (χ1v) is 10.5. The van der Waals surface area contributed by atoms with Crippen molar-refractivity contribution in [3.8, 4) is 0 Å². The van der Waals surface area contributed by atoms with Gasteiger partial charge in [-0.25, -0.2) is 14.8 Å². The number of imidazole rings is 1. The van der Waals surface area contributed by atoms with Crippen molar-refractivity contribution in [2.75, 3.05) is 25.1 Å². The van der Waals surface area contributed by atoms with Crippen LogP contribution in [0.2, 0.25) is 5.15 Å². The molecular weight excluding hydrogens is 434 g/mol. The van der Waals surface area contributed by atoms with Gasteiger partial charge in [0.05, 0.1) is 17.8 Å². The summed E-state index contributed by atoms with van der Waals surface area (Å²) in [7, 11) is 1.54. The van der Waals surface area contributed by atoms with Crippen molar-refractivity contribution in [1.29, 1.82) is 0 Å². The fourth-order valence-electron chi connectivity index (χ4n) is 3.29. The molecule has 0 unspecified atom stereocenters.